The van der Waals surface area contributed by atoms with Crippen LogP contribution in [0.3, 0.4) is 0 Å². The van der Waals surface area contributed by atoms with E-state index in [1.54, 1.807) is 39.6 Å². The summed E-state index contributed by atoms with van der Waals surface area (Å²) < 4.78 is 62.7. The average Bonchev–Trinajstić information content (AvgIpc) is 3.29. The van der Waals surface area contributed by atoms with Gasteiger partial charge in [0.05, 0.1) is 18.1 Å². The van der Waals surface area contributed by atoms with E-state index in [2.05, 4.69) is 4.74 Å². The fourth-order valence-corrected chi connectivity index (χ4v) is 3.39. The number of alkyl halides is 3. The van der Waals surface area contributed by atoms with Gasteiger partial charge in [0.25, 0.3) is 0 Å². The summed E-state index contributed by atoms with van der Waals surface area (Å²) in [4.78, 5) is 12.3. The van der Waals surface area contributed by atoms with Gasteiger partial charge in [-0.15, -0.1) is 13.2 Å². The Kier molecular flexibility index (Phi) is 5.18. The molecule has 2 aromatic heterocycles. The van der Waals surface area contributed by atoms with Crippen LogP contribution in [0.15, 0.2) is 66.9 Å². The SMILES string of the molecule is COC(=O)c1cc2c(ccn2-c2ccc(F)cc2)n1Cc1ccc(OC(F)(F)F)cc1. The maximum absolute atomic E-state index is 13.3. The number of hydrogen-bond donors (Lipinski definition) is 0. The Morgan fingerprint density at radius 3 is 2.26 bits per heavy atom. The molecule has 2 aromatic carbocycles. The van der Waals surface area contributed by atoms with Crippen molar-refractivity contribution in [3.05, 3.63) is 83.9 Å². The molecule has 0 atom stereocenters. The summed E-state index contributed by atoms with van der Waals surface area (Å²) in [6, 6.07) is 14.8. The standard InChI is InChI=1S/C22H16F4N2O3/c1-30-21(29)20-12-19-18(10-11-27(19)16-6-4-15(23)5-7-16)28(20)13-14-2-8-17(9-3-14)31-22(24,25)26/h2-12H,13H2,1H3. The Hall–Kier alpha value is -3.75. The number of aromatic nitrogens is 2. The van der Waals surface area contributed by atoms with E-state index in [0.29, 0.717) is 22.3 Å². The summed E-state index contributed by atoms with van der Waals surface area (Å²) in [5.74, 6) is -1.25. The lowest BCUT2D eigenvalue weighted by Crippen LogP contribution is -2.17. The van der Waals surface area contributed by atoms with E-state index in [4.69, 9.17) is 4.74 Å². The first kappa shape index (κ1) is 20.5. The van der Waals surface area contributed by atoms with Crippen molar-refractivity contribution in [1.82, 2.24) is 9.13 Å². The third-order valence-corrected chi connectivity index (χ3v) is 4.76. The second kappa shape index (κ2) is 7.82. The Labute approximate surface area is 174 Å². The molecule has 0 aliphatic heterocycles. The highest BCUT2D eigenvalue weighted by Crippen LogP contribution is 2.27. The van der Waals surface area contributed by atoms with Crippen molar-refractivity contribution < 1.29 is 31.8 Å². The number of hydrogen-bond acceptors (Lipinski definition) is 3. The summed E-state index contributed by atoms with van der Waals surface area (Å²) >= 11 is 0. The topological polar surface area (TPSA) is 45.4 Å². The van der Waals surface area contributed by atoms with Gasteiger partial charge in [-0.2, -0.15) is 0 Å². The van der Waals surface area contributed by atoms with Crippen LogP contribution in [0.2, 0.25) is 0 Å². The zero-order valence-corrected chi connectivity index (χ0v) is 16.2. The Morgan fingerprint density at radius 1 is 0.968 bits per heavy atom. The van der Waals surface area contributed by atoms with Crippen molar-refractivity contribution in [3.63, 3.8) is 0 Å². The lowest BCUT2D eigenvalue weighted by molar-refractivity contribution is -0.274. The van der Waals surface area contributed by atoms with Crippen LogP contribution in [0.4, 0.5) is 17.6 Å². The van der Waals surface area contributed by atoms with Crippen LogP contribution in [0.25, 0.3) is 16.7 Å². The van der Waals surface area contributed by atoms with E-state index < -0.39 is 12.3 Å². The van der Waals surface area contributed by atoms with Crippen molar-refractivity contribution in [3.8, 4) is 11.4 Å². The monoisotopic (exact) mass is 432 g/mol. The van der Waals surface area contributed by atoms with Crippen LogP contribution >= 0.6 is 0 Å². The lowest BCUT2D eigenvalue weighted by atomic mass is 10.2. The van der Waals surface area contributed by atoms with E-state index in [1.165, 1.54) is 43.5 Å². The predicted octanol–water partition coefficient (Wildman–Crippen LogP) is 5.30. The molecule has 0 aliphatic rings. The number of ether oxygens (including phenoxy) is 2. The smallest absolute Gasteiger partial charge is 0.464 e. The molecular formula is C22H16F4N2O3. The summed E-state index contributed by atoms with van der Waals surface area (Å²) in [5, 5.41) is 0. The van der Waals surface area contributed by atoms with Gasteiger partial charge in [0.15, 0.2) is 0 Å². The van der Waals surface area contributed by atoms with E-state index in [1.807, 2.05) is 0 Å². The molecule has 0 bridgehead atoms. The van der Waals surface area contributed by atoms with Gasteiger partial charge >= 0.3 is 12.3 Å². The molecule has 160 valence electrons. The van der Waals surface area contributed by atoms with Gasteiger partial charge in [-0.1, -0.05) is 12.1 Å². The molecule has 9 heteroatoms. The second-order valence-corrected chi connectivity index (χ2v) is 6.73. The molecule has 31 heavy (non-hydrogen) atoms. The maximum Gasteiger partial charge on any atom is 0.573 e. The van der Waals surface area contributed by atoms with E-state index in [-0.39, 0.29) is 23.8 Å². The number of carbonyl (C=O) groups is 1. The molecule has 0 unspecified atom stereocenters. The van der Waals surface area contributed by atoms with Crippen LogP contribution in [0.5, 0.6) is 5.75 Å². The molecular weight excluding hydrogens is 416 g/mol. The fraction of sp³-hybridized carbons (Fsp3) is 0.136. The van der Waals surface area contributed by atoms with Crippen LogP contribution in [-0.4, -0.2) is 28.6 Å². The average molecular weight is 432 g/mol. The number of halogens is 4. The molecule has 4 aromatic rings. The van der Waals surface area contributed by atoms with Gasteiger partial charge in [-0.05, 0) is 54.1 Å². The highest BCUT2D eigenvalue weighted by molar-refractivity contribution is 5.95. The number of benzene rings is 2. The molecule has 0 amide bonds. The third kappa shape index (κ3) is 4.25. The van der Waals surface area contributed by atoms with Crippen LogP contribution in [0, 0.1) is 5.82 Å². The van der Waals surface area contributed by atoms with Gasteiger partial charge in [-0.3, -0.25) is 0 Å². The third-order valence-electron chi connectivity index (χ3n) is 4.76. The Morgan fingerprint density at radius 2 is 1.65 bits per heavy atom. The summed E-state index contributed by atoms with van der Waals surface area (Å²) in [6.07, 6.45) is -2.98. The summed E-state index contributed by atoms with van der Waals surface area (Å²) in [5.41, 5.74) is 3.05. The van der Waals surface area contributed by atoms with Gasteiger partial charge in [0.2, 0.25) is 0 Å². The minimum absolute atomic E-state index is 0.216. The summed E-state index contributed by atoms with van der Waals surface area (Å²) in [6.45, 7) is 0.216. The number of esters is 1. The molecule has 0 aliphatic carbocycles. The van der Waals surface area contributed by atoms with Gasteiger partial charge in [0.1, 0.15) is 17.3 Å². The zero-order valence-electron chi connectivity index (χ0n) is 16.2. The molecule has 5 nitrogen and oxygen atoms in total. The van der Waals surface area contributed by atoms with Crippen molar-refractivity contribution in [1.29, 1.82) is 0 Å². The highest BCUT2D eigenvalue weighted by Gasteiger charge is 2.31. The first-order chi connectivity index (χ1) is 14.7. The number of carbonyl (C=O) groups excluding carboxylic acids is 1. The van der Waals surface area contributed by atoms with E-state index in [9.17, 15) is 22.4 Å². The molecule has 4 rings (SSSR count). The quantitative estimate of drug-likeness (QED) is 0.317. The van der Waals surface area contributed by atoms with Gasteiger partial charge in [-0.25, -0.2) is 9.18 Å². The normalized spacial score (nSPS) is 11.6. The minimum Gasteiger partial charge on any atom is -0.464 e. The van der Waals surface area contributed by atoms with Gasteiger partial charge < -0.3 is 18.6 Å². The number of nitrogens with zero attached hydrogens (tertiary/aromatic N) is 2. The Balaban J connectivity index is 1.72. The molecule has 2 heterocycles. The number of methoxy groups -OCH3 is 1. The fourth-order valence-electron chi connectivity index (χ4n) is 3.39. The van der Waals surface area contributed by atoms with Crippen LogP contribution in [-0.2, 0) is 11.3 Å². The maximum atomic E-state index is 13.3. The zero-order chi connectivity index (χ0) is 22.2. The Bertz CT molecular complexity index is 1220. The molecule has 0 saturated heterocycles. The van der Waals surface area contributed by atoms with Crippen LogP contribution in [0.1, 0.15) is 16.1 Å². The lowest BCUT2D eigenvalue weighted by Gasteiger charge is -2.11. The molecule has 0 fully saturated rings. The largest absolute Gasteiger partial charge is 0.573 e. The molecule has 0 radical (unpaired) electrons. The van der Waals surface area contributed by atoms with Crippen molar-refractivity contribution in [2.75, 3.05) is 7.11 Å². The molecule has 0 spiro atoms. The summed E-state index contributed by atoms with van der Waals surface area (Å²) in [7, 11) is 1.27. The van der Waals surface area contributed by atoms with E-state index >= 15 is 0 Å². The van der Waals surface area contributed by atoms with Gasteiger partial charge in [0, 0.05) is 18.4 Å². The first-order valence-corrected chi connectivity index (χ1v) is 9.15. The molecule has 0 N–H and O–H groups in total. The second-order valence-electron chi connectivity index (χ2n) is 6.73. The predicted molar refractivity (Wildman–Crippen MR) is 105 cm³/mol. The first-order valence-electron chi connectivity index (χ1n) is 9.15. The highest BCUT2D eigenvalue weighted by atomic mass is 19.4. The van der Waals surface area contributed by atoms with Crippen molar-refractivity contribution in [2.45, 2.75) is 12.9 Å². The minimum atomic E-state index is -4.77. The van der Waals surface area contributed by atoms with Crippen molar-refractivity contribution in [2.24, 2.45) is 0 Å². The van der Waals surface area contributed by atoms with Crippen molar-refractivity contribution >= 4 is 17.0 Å². The molecule has 0 saturated carbocycles. The van der Waals surface area contributed by atoms with E-state index in [0.717, 1.165) is 0 Å². The van der Waals surface area contributed by atoms with Crippen LogP contribution < -0.4 is 4.74 Å². The number of fused-ring (bicyclic) bond motifs is 1. The number of rotatable bonds is 5.